The van der Waals surface area contributed by atoms with Crippen LogP contribution in [-0.4, -0.2) is 40.8 Å². The summed E-state index contributed by atoms with van der Waals surface area (Å²) >= 11 is 1.37. The monoisotopic (exact) mass is 270 g/mol. The van der Waals surface area contributed by atoms with Gasteiger partial charge in [-0.1, -0.05) is 0 Å². The topological polar surface area (TPSA) is 88.3 Å². The lowest BCUT2D eigenvalue weighted by atomic mass is 10.3. The Bertz CT molecular complexity index is 430. The van der Waals surface area contributed by atoms with Gasteiger partial charge < -0.3 is 11.1 Å². The van der Waals surface area contributed by atoms with Crippen molar-refractivity contribution >= 4 is 28.3 Å². The molecule has 0 fully saturated rings. The molecule has 0 radical (unpaired) electrons. The van der Waals surface area contributed by atoms with Crippen molar-refractivity contribution in [2.75, 3.05) is 18.4 Å². The van der Waals surface area contributed by atoms with Gasteiger partial charge in [0.2, 0.25) is 11.8 Å². The first-order valence-electron chi connectivity index (χ1n) is 5.63. The van der Waals surface area contributed by atoms with Crippen molar-refractivity contribution in [1.82, 2.24) is 9.88 Å². The zero-order chi connectivity index (χ0) is 13.7. The molecule has 1 aromatic rings. The molecule has 0 aliphatic rings. The van der Waals surface area contributed by atoms with Crippen molar-refractivity contribution in [1.29, 1.82) is 0 Å². The average Bonchev–Trinajstić information content (AvgIpc) is 2.62. The summed E-state index contributed by atoms with van der Waals surface area (Å²) < 4.78 is 0. The summed E-state index contributed by atoms with van der Waals surface area (Å²) in [5.41, 5.74) is 6.01. The normalized spacial score (nSPS) is 10.9. The van der Waals surface area contributed by atoms with Gasteiger partial charge in [0.05, 0.1) is 18.8 Å². The summed E-state index contributed by atoms with van der Waals surface area (Å²) in [6.45, 7) is 5.87. The number of carbonyl (C=O) groups is 2. The van der Waals surface area contributed by atoms with Crippen LogP contribution < -0.4 is 11.1 Å². The van der Waals surface area contributed by atoms with Crippen molar-refractivity contribution in [3.05, 3.63) is 11.1 Å². The van der Waals surface area contributed by atoms with Gasteiger partial charge in [-0.2, -0.15) is 0 Å². The van der Waals surface area contributed by atoms with Gasteiger partial charge in [-0.25, -0.2) is 4.98 Å². The number of aromatic nitrogens is 1. The molecule has 0 spiro atoms. The van der Waals surface area contributed by atoms with E-state index in [2.05, 4.69) is 10.3 Å². The molecule has 100 valence electrons. The van der Waals surface area contributed by atoms with E-state index in [9.17, 15) is 9.59 Å². The van der Waals surface area contributed by atoms with Gasteiger partial charge in [0.1, 0.15) is 0 Å². The number of hydrogen-bond acceptors (Lipinski definition) is 5. The van der Waals surface area contributed by atoms with E-state index in [4.69, 9.17) is 5.73 Å². The number of thiazole rings is 1. The Hall–Kier alpha value is -1.47. The van der Waals surface area contributed by atoms with E-state index in [1.54, 1.807) is 4.90 Å². The first kappa shape index (κ1) is 14.6. The summed E-state index contributed by atoms with van der Waals surface area (Å²) in [6.07, 6.45) is 0. The highest BCUT2D eigenvalue weighted by atomic mass is 32.1. The van der Waals surface area contributed by atoms with E-state index in [-0.39, 0.29) is 25.0 Å². The molecule has 3 N–H and O–H groups in total. The van der Waals surface area contributed by atoms with Crippen LogP contribution in [0.2, 0.25) is 0 Å². The van der Waals surface area contributed by atoms with Gasteiger partial charge in [-0.3, -0.25) is 14.5 Å². The van der Waals surface area contributed by atoms with E-state index < -0.39 is 5.91 Å². The van der Waals surface area contributed by atoms with Gasteiger partial charge in [0.25, 0.3) is 0 Å². The van der Waals surface area contributed by atoms with Crippen LogP contribution in [0, 0.1) is 6.92 Å². The minimum atomic E-state index is -0.443. The maximum Gasteiger partial charge on any atom is 0.240 e. The van der Waals surface area contributed by atoms with E-state index >= 15 is 0 Å². The van der Waals surface area contributed by atoms with E-state index in [1.165, 1.54) is 11.3 Å². The summed E-state index contributed by atoms with van der Waals surface area (Å²) in [5, 5.41) is 5.13. The molecule has 6 nitrogen and oxygen atoms in total. The molecule has 7 heteroatoms. The molecule has 1 aromatic heterocycles. The third kappa shape index (κ3) is 4.80. The lowest BCUT2D eigenvalue weighted by molar-refractivity contribution is -0.121. The Morgan fingerprint density at radius 2 is 2.17 bits per heavy atom. The van der Waals surface area contributed by atoms with Crippen LogP contribution in [0.5, 0.6) is 0 Å². The van der Waals surface area contributed by atoms with E-state index in [0.717, 1.165) is 5.69 Å². The summed E-state index contributed by atoms with van der Waals surface area (Å²) in [6, 6.07) is 0.0706. The molecule has 1 heterocycles. The van der Waals surface area contributed by atoms with E-state index in [0.29, 0.717) is 5.13 Å². The summed E-state index contributed by atoms with van der Waals surface area (Å²) in [7, 11) is 0. The van der Waals surface area contributed by atoms with Gasteiger partial charge in [-0.15, -0.1) is 11.3 Å². The molecule has 0 aliphatic carbocycles. The fourth-order valence-electron chi connectivity index (χ4n) is 1.38. The van der Waals surface area contributed by atoms with Crippen molar-refractivity contribution in [2.45, 2.75) is 26.8 Å². The molecule has 0 aliphatic heterocycles. The first-order chi connectivity index (χ1) is 8.38. The lowest BCUT2D eigenvalue weighted by Crippen LogP contribution is -2.43. The number of nitrogens with zero attached hydrogens (tertiary/aromatic N) is 2. The lowest BCUT2D eigenvalue weighted by Gasteiger charge is -2.23. The molecule has 0 bridgehead atoms. The molecular weight excluding hydrogens is 252 g/mol. The molecule has 1 rings (SSSR count). The highest BCUT2D eigenvalue weighted by Gasteiger charge is 2.16. The fraction of sp³-hybridized carbons (Fsp3) is 0.545. The van der Waals surface area contributed by atoms with Crippen molar-refractivity contribution in [2.24, 2.45) is 5.73 Å². The fourth-order valence-corrected chi connectivity index (χ4v) is 2.08. The van der Waals surface area contributed by atoms with Crippen LogP contribution in [-0.2, 0) is 9.59 Å². The first-order valence-corrected chi connectivity index (χ1v) is 6.50. The summed E-state index contributed by atoms with van der Waals surface area (Å²) in [5.74, 6) is -0.638. The van der Waals surface area contributed by atoms with E-state index in [1.807, 2.05) is 26.2 Å². The number of hydrogen-bond donors (Lipinski definition) is 2. The van der Waals surface area contributed by atoms with Gasteiger partial charge in [0.15, 0.2) is 5.13 Å². The standard InChI is InChI=1S/C11H18N4O2S/c1-7(2)15(4-9(12)16)5-10(17)14-11-13-8(3)6-18-11/h6-7H,4-5H2,1-3H3,(H2,12,16)(H,13,14,17). The Kier molecular flexibility index (Phi) is 5.24. The molecule has 0 aromatic carbocycles. The van der Waals surface area contributed by atoms with Gasteiger partial charge in [0, 0.05) is 11.4 Å². The van der Waals surface area contributed by atoms with Crippen LogP contribution in [0.4, 0.5) is 5.13 Å². The zero-order valence-electron chi connectivity index (χ0n) is 10.8. The predicted octanol–water partition coefficient (Wildman–Crippen LogP) is 0.586. The number of amides is 2. The second-order valence-electron chi connectivity index (χ2n) is 4.31. The number of nitrogens with one attached hydrogen (secondary N) is 1. The van der Waals surface area contributed by atoms with Crippen LogP contribution in [0.1, 0.15) is 19.5 Å². The largest absolute Gasteiger partial charge is 0.369 e. The highest BCUT2D eigenvalue weighted by molar-refractivity contribution is 7.13. The van der Waals surface area contributed by atoms with Crippen molar-refractivity contribution < 1.29 is 9.59 Å². The Morgan fingerprint density at radius 1 is 1.50 bits per heavy atom. The zero-order valence-corrected chi connectivity index (χ0v) is 11.6. The van der Waals surface area contributed by atoms with Crippen LogP contribution in [0.15, 0.2) is 5.38 Å². The molecule has 18 heavy (non-hydrogen) atoms. The number of rotatable bonds is 6. The number of anilines is 1. The number of aryl methyl sites for hydroxylation is 1. The van der Waals surface area contributed by atoms with Crippen LogP contribution in [0.3, 0.4) is 0 Å². The Labute approximate surface area is 110 Å². The van der Waals surface area contributed by atoms with Gasteiger partial charge in [-0.05, 0) is 20.8 Å². The SMILES string of the molecule is Cc1csc(NC(=O)CN(CC(N)=O)C(C)C)n1. The second-order valence-corrected chi connectivity index (χ2v) is 5.17. The number of primary amides is 1. The predicted molar refractivity (Wildman–Crippen MR) is 71.4 cm³/mol. The van der Waals surface area contributed by atoms with Gasteiger partial charge >= 0.3 is 0 Å². The smallest absolute Gasteiger partial charge is 0.240 e. The van der Waals surface area contributed by atoms with Crippen molar-refractivity contribution in [3.63, 3.8) is 0 Å². The second kappa shape index (κ2) is 6.46. The maximum atomic E-state index is 11.8. The summed E-state index contributed by atoms with van der Waals surface area (Å²) in [4.78, 5) is 28.5. The molecule has 2 amide bonds. The Morgan fingerprint density at radius 3 is 2.61 bits per heavy atom. The molecule has 0 saturated carbocycles. The van der Waals surface area contributed by atoms with Crippen LogP contribution in [0.25, 0.3) is 0 Å². The highest BCUT2D eigenvalue weighted by Crippen LogP contribution is 2.14. The molecular formula is C11H18N4O2S. The third-order valence-electron chi connectivity index (χ3n) is 2.30. The molecule has 0 unspecified atom stereocenters. The maximum absolute atomic E-state index is 11.8. The minimum absolute atomic E-state index is 0.0706. The molecule has 0 saturated heterocycles. The van der Waals surface area contributed by atoms with Crippen LogP contribution >= 0.6 is 11.3 Å². The number of carbonyl (C=O) groups excluding carboxylic acids is 2. The van der Waals surface area contributed by atoms with Crippen molar-refractivity contribution in [3.8, 4) is 0 Å². The number of nitrogens with two attached hydrogens (primary N) is 1. The quantitative estimate of drug-likeness (QED) is 0.791. The molecule has 0 atom stereocenters. The Balaban J connectivity index is 2.53. The minimum Gasteiger partial charge on any atom is -0.369 e. The third-order valence-corrected chi connectivity index (χ3v) is 3.18. The average molecular weight is 270 g/mol.